The molecule has 0 fully saturated rings. The summed E-state index contributed by atoms with van der Waals surface area (Å²) in [6.45, 7) is 6.83. The molecule has 0 aromatic heterocycles. The lowest BCUT2D eigenvalue weighted by atomic mass is 9.87. The van der Waals surface area contributed by atoms with E-state index in [1.807, 2.05) is 12.1 Å². The highest BCUT2D eigenvalue weighted by molar-refractivity contribution is 5.96. The van der Waals surface area contributed by atoms with Gasteiger partial charge in [0.15, 0.2) is 0 Å². The van der Waals surface area contributed by atoms with Gasteiger partial charge in [0.25, 0.3) is 5.91 Å². The van der Waals surface area contributed by atoms with E-state index in [1.54, 1.807) is 11.9 Å². The Bertz CT molecular complexity index is 762. The van der Waals surface area contributed by atoms with Crippen molar-refractivity contribution >= 4 is 11.8 Å². The van der Waals surface area contributed by atoms with Crippen LogP contribution >= 0.6 is 0 Å². The lowest BCUT2D eigenvalue weighted by molar-refractivity contribution is -0.129. The minimum Gasteiger partial charge on any atom is -0.343 e. The fraction of sp³-hybridized carbons (Fsp3) is 0.333. The van der Waals surface area contributed by atoms with Gasteiger partial charge in [-0.3, -0.25) is 9.59 Å². The van der Waals surface area contributed by atoms with Crippen LogP contribution in [0.25, 0.3) is 0 Å². The number of carbonyl (C=O) groups excluding carboxylic acids is 2. The molecule has 0 aliphatic rings. The zero-order valence-electron chi connectivity index (χ0n) is 15.7. The monoisotopic (exact) mass is 356 g/mol. The summed E-state index contributed by atoms with van der Waals surface area (Å²) in [6.07, 6.45) is 0. The number of carbonyl (C=O) groups is 2. The van der Waals surface area contributed by atoms with Gasteiger partial charge in [0.05, 0.1) is 6.54 Å². The number of nitrogens with one attached hydrogen (secondary N) is 1. The van der Waals surface area contributed by atoms with Gasteiger partial charge in [-0.05, 0) is 40.8 Å². The van der Waals surface area contributed by atoms with Crippen LogP contribution in [0.2, 0.25) is 0 Å². The average Bonchev–Trinajstić information content (AvgIpc) is 2.59. The zero-order valence-corrected chi connectivity index (χ0v) is 15.7. The first kappa shape index (κ1) is 19.6. The van der Waals surface area contributed by atoms with E-state index in [2.05, 4.69) is 38.2 Å². The summed E-state index contributed by atoms with van der Waals surface area (Å²) in [7, 11) is 1.70. The summed E-state index contributed by atoms with van der Waals surface area (Å²) in [5.41, 5.74) is 2.67. The third-order valence-electron chi connectivity index (χ3n) is 4.17. The average molecular weight is 356 g/mol. The largest absolute Gasteiger partial charge is 0.343 e. The summed E-state index contributed by atoms with van der Waals surface area (Å²) < 4.78 is 12.9. The van der Waals surface area contributed by atoms with E-state index < -0.39 is 11.7 Å². The molecule has 26 heavy (non-hydrogen) atoms. The van der Waals surface area contributed by atoms with Crippen LogP contribution in [0.1, 0.15) is 42.3 Å². The van der Waals surface area contributed by atoms with Crippen LogP contribution in [-0.4, -0.2) is 30.3 Å². The number of hydrogen-bond donors (Lipinski definition) is 1. The van der Waals surface area contributed by atoms with Crippen molar-refractivity contribution in [3.8, 4) is 0 Å². The maximum atomic E-state index is 12.9. The quantitative estimate of drug-likeness (QED) is 0.891. The molecule has 2 aromatic carbocycles. The summed E-state index contributed by atoms with van der Waals surface area (Å²) >= 11 is 0. The normalized spacial score (nSPS) is 11.1. The van der Waals surface area contributed by atoms with Crippen LogP contribution in [0.5, 0.6) is 0 Å². The number of benzene rings is 2. The SMILES string of the molecule is CN(Cc1ccc(C(C)(C)C)cc1)C(=O)CNC(=O)c1ccc(F)cc1. The molecule has 0 aliphatic heterocycles. The van der Waals surface area contributed by atoms with Crippen LogP contribution in [-0.2, 0) is 16.8 Å². The molecule has 2 rings (SSSR count). The van der Waals surface area contributed by atoms with Gasteiger partial charge in [0.1, 0.15) is 5.82 Å². The van der Waals surface area contributed by atoms with E-state index in [-0.39, 0.29) is 17.9 Å². The number of amides is 2. The Morgan fingerprint density at radius 3 is 2.12 bits per heavy atom. The maximum absolute atomic E-state index is 12.9. The number of halogens is 1. The van der Waals surface area contributed by atoms with Gasteiger partial charge in [-0.1, -0.05) is 45.0 Å². The molecule has 0 spiro atoms. The van der Waals surface area contributed by atoms with Crippen LogP contribution in [0.3, 0.4) is 0 Å². The second-order valence-electron chi connectivity index (χ2n) is 7.39. The van der Waals surface area contributed by atoms with Gasteiger partial charge >= 0.3 is 0 Å². The molecule has 2 aromatic rings. The van der Waals surface area contributed by atoms with Crippen molar-refractivity contribution in [1.82, 2.24) is 10.2 Å². The summed E-state index contributed by atoms with van der Waals surface area (Å²) in [6, 6.07) is 13.4. The predicted octanol–water partition coefficient (Wildman–Crippen LogP) is 3.51. The third kappa shape index (κ3) is 5.41. The first-order chi connectivity index (χ1) is 12.2. The fourth-order valence-electron chi connectivity index (χ4n) is 2.47. The molecule has 0 atom stereocenters. The molecule has 2 amide bonds. The van der Waals surface area contributed by atoms with E-state index in [0.717, 1.165) is 5.56 Å². The first-order valence-corrected chi connectivity index (χ1v) is 8.54. The zero-order chi connectivity index (χ0) is 19.3. The molecule has 138 valence electrons. The van der Waals surface area contributed by atoms with Crippen molar-refractivity contribution in [2.24, 2.45) is 0 Å². The van der Waals surface area contributed by atoms with E-state index in [1.165, 1.54) is 29.8 Å². The Hall–Kier alpha value is -2.69. The number of likely N-dealkylation sites (N-methyl/N-ethyl adjacent to an activating group) is 1. The molecule has 0 unspecified atom stereocenters. The van der Waals surface area contributed by atoms with Crippen LogP contribution in [0.4, 0.5) is 4.39 Å². The Kier molecular flexibility index (Phi) is 6.14. The molecule has 4 nitrogen and oxygen atoms in total. The number of hydrogen-bond acceptors (Lipinski definition) is 2. The standard InChI is InChI=1S/C21H25FN2O2/c1-21(2,3)17-9-5-15(6-10-17)14-24(4)19(25)13-23-20(26)16-7-11-18(22)12-8-16/h5-12H,13-14H2,1-4H3,(H,23,26). The van der Waals surface area contributed by atoms with E-state index >= 15 is 0 Å². The molecule has 0 heterocycles. The van der Waals surface area contributed by atoms with Crippen molar-refractivity contribution in [2.75, 3.05) is 13.6 Å². The van der Waals surface area contributed by atoms with Gasteiger partial charge in [-0.2, -0.15) is 0 Å². The van der Waals surface area contributed by atoms with Gasteiger partial charge in [0, 0.05) is 19.2 Å². The lowest BCUT2D eigenvalue weighted by Gasteiger charge is -2.21. The maximum Gasteiger partial charge on any atom is 0.251 e. The molecule has 1 N–H and O–H groups in total. The highest BCUT2D eigenvalue weighted by Gasteiger charge is 2.15. The summed E-state index contributed by atoms with van der Waals surface area (Å²) in [5.74, 6) is -1.00. The number of rotatable bonds is 5. The van der Waals surface area contributed by atoms with E-state index in [4.69, 9.17) is 0 Å². The summed E-state index contributed by atoms with van der Waals surface area (Å²) in [4.78, 5) is 25.7. The molecule has 0 saturated heterocycles. The molecule has 0 radical (unpaired) electrons. The van der Waals surface area contributed by atoms with Crippen molar-refractivity contribution in [3.63, 3.8) is 0 Å². The van der Waals surface area contributed by atoms with Gasteiger partial charge in [-0.25, -0.2) is 4.39 Å². The summed E-state index contributed by atoms with van der Waals surface area (Å²) in [5, 5.41) is 2.56. The fourth-order valence-corrected chi connectivity index (χ4v) is 2.47. The molecular formula is C21H25FN2O2. The first-order valence-electron chi connectivity index (χ1n) is 8.54. The van der Waals surface area contributed by atoms with Crippen LogP contribution in [0.15, 0.2) is 48.5 Å². The van der Waals surface area contributed by atoms with Crippen LogP contribution < -0.4 is 5.32 Å². The smallest absolute Gasteiger partial charge is 0.251 e. The predicted molar refractivity (Wildman–Crippen MR) is 100 cm³/mol. The van der Waals surface area contributed by atoms with Crippen molar-refractivity contribution in [3.05, 3.63) is 71.0 Å². The number of nitrogens with zero attached hydrogens (tertiary/aromatic N) is 1. The van der Waals surface area contributed by atoms with Crippen molar-refractivity contribution < 1.29 is 14.0 Å². The minimum absolute atomic E-state index is 0.0882. The minimum atomic E-state index is -0.408. The Balaban J connectivity index is 1.87. The highest BCUT2D eigenvalue weighted by atomic mass is 19.1. The lowest BCUT2D eigenvalue weighted by Crippen LogP contribution is -2.37. The van der Waals surface area contributed by atoms with E-state index in [9.17, 15) is 14.0 Å². The second-order valence-corrected chi connectivity index (χ2v) is 7.39. The molecule has 0 bridgehead atoms. The van der Waals surface area contributed by atoms with E-state index in [0.29, 0.717) is 12.1 Å². The van der Waals surface area contributed by atoms with Gasteiger partial charge in [-0.15, -0.1) is 0 Å². The third-order valence-corrected chi connectivity index (χ3v) is 4.17. The Labute approximate surface area is 154 Å². The second kappa shape index (κ2) is 8.13. The topological polar surface area (TPSA) is 49.4 Å². The van der Waals surface area contributed by atoms with Gasteiger partial charge in [0.2, 0.25) is 5.91 Å². The molecular weight excluding hydrogens is 331 g/mol. The Morgan fingerprint density at radius 1 is 1.00 bits per heavy atom. The van der Waals surface area contributed by atoms with Gasteiger partial charge < -0.3 is 10.2 Å². The highest BCUT2D eigenvalue weighted by Crippen LogP contribution is 2.22. The van der Waals surface area contributed by atoms with Crippen molar-refractivity contribution in [2.45, 2.75) is 32.7 Å². The molecule has 5 heteroatoms. The Morgan fingerprint density at radius 2 is 1.58 bits per heavy atom. The van der Waals surface area contributed by atoms with Crippen molar-refractivity contribution in [1.29, 1.82) is 0 Å². The van der Waals surface area contributed by atoms with Crippen LogP contribution in [0, 0.1) is 5.82 Å². The molecule has 0 aliphatic carbocycles. The molecule has 0 saturated carbocycles.